The van der Waals surface area contributed by atoms with Crippen LogP contribution in [-0.2, 0) is 21.4 Å². The maximum atomic E-state index is 12.9. The summed E-state index contributed by atoms with van der Waals surface area (Å²) in [5.41, 5.74) is 0.685. The molecule has 1 aromatic carbocycles. The third kappa shape index (κ3) is 5.43. The largest absolute Gasteiger partial charge is 0.353 e. The lowest BCUT2D eigenvalue weighted by molar-refractivity contribution is -0.121. The standard InChI is InChI=1S/C14H19FN2O3S/c1-21(19,20)17(9-8-14(18)16-13-6-7-13)10-11-2-4-12(15)5-3-11/h2-5,13H,6-10H2,1H3,(H,16,18). The first-order valence-corrected chi connectivity index (χ1v) is 8.68. The second kappa shape index (κ2) is 6.53. The third-order valence-electron chi connectivity index (χ3n) is 3.27. The minimum absolute atomic E-state index is 0.120. The van der Waals surface area contributed by atoms with Crippen LogP contribution in [0.5, 0.6) is 0 Å². The van der Waals surface area contributed by atoms with E-state index in [1.165, 1.54) is 28.6 Å². The van der Waals surface area contributed by atoms with Crippen LogP contribution in [0.3, 0.4) is 0 Å². The van der Waals surface area contributed by atoms with Gasteiger partial charge in [0.2, 0.25) is 15.9 Å². The third-order valence-corrected chi connectivity index (χ3v) is 4.52. The molecule has 0 unspecified atom stereocenters. The summed E-state index contributed by atoms with van der Waals surface area (Å²) in [6.45, 7) is 0.255. The van der Waals surface area contributed by atoms with Gasteiger partial charge in [0, 0.05) is 25.6 Å². The lowest BCUT2D eigenvalue weighted by atomic mass is 10.2. The Labute approximate surface area is 124 Å². The Hall–Kier alpha value is -1.47. The summed E-state index contributed by atoms with van der Waals surface area (Å²) < 4.78 is 37.6. The number of carbonyl (C=O) groups excluding carboxylic acids is 1. The van der Waals surface area contributed by atoms with E-state index in [9.17, 15) is 17.6 Å². The maximum Gasteiger partial charge on any atom is 0.221 e. The highest BCUT2D eigenvalue weighted by Crippen LogP contribution is 2.18. The van der Waals surface area contributed by atoms with Crippen molar-refractivity contribution in [3.63, 3.8) is 0 Å². The summed E-state index contributed by atoms with van der Waals surface area (Å²) >= 11 is 0. The minimum atomic E-state index is -3.42. The van der Waals surface area contributed by atoms with E-state index in [2.05, 4.69) is 5.32 Å². The Morgan fingerprint density at radius 3 is 2.48 bits per heavy atom. The van der Waals surface area contributed by atoms with Gasteiger partial charge in [0.15, 0.2) is 0 Å². The fourth-order valence-electron chi connectivity index (χ4n) is 1.91. The first-order valence-electron chi connectivity index (χ1n) is 6.83. The number of nitrogens with zero attached hydrogens (tertiary/aromatic N) is 1. The van der Waals surface area contributed by atoms with Crippen molar-refractivity contribution in [3.8, 4) is 0 Å². The number of sulfonamides is 1. The molecule has 1 fully saturated rings. The zero-order chi connectivity index (χ0) is 15.5. The predicted molar refractivity (Wildman–Crippen MR) is 77.4 cm³/mol. The summed E-state index contributed by atoms with van der Waals surface area (Å²) in [6, 6.07) is 5.92. The SMILES string of the molecule is CS(=O)(=O)N(CCC(=O)NC1CC1)Cc1ccc(F)cc1. The molecule has 0 spiro atoms. The van der Waals surface area contributed by atoms with Crippen LogP contribution in [0, 0.1) is 5.82 Å². The minimum Gasteiger partial charge on any atom is -0.353 e. The first-order chi connectivity index (χ1) is 9.84. The zero-order valence-electron chi connectivity index (χ0n) is 11.9. The van der Waals surface area contributed by atoms with Gasteiger partial charge in [-0.25, -0.2) is 12.8 Å². The average molecular weight is 314 g/mol. The van der Waals surface area contributed by atoms with E-state index >= 15 is 0 Å². The molecule has 1 saturated carbocycles. The fourth-order valence-corrected chi connectivity index (χ4v) is 2.72. The number of hydrogen-bond donors (Lipinski definition) is 1. The highest BCUT2D eigenvalue weighted by Gasteiger charge is 2.24. The summed E-state index contributed by atoms with van der Waals surface area (Å²) in [4.78, 5) is 11.6. The van der Waals surface area contributed by atoms with Crippen molar-refractivity contribution >= 4 is 15.9 Å². The topological polar surface area (TPSA) is 66.5 Å². The number of amides is 1. The van der Waals surface area contributed by atoms with Crippen LogP contribution in [0.2, 0.25) is 0 Å². The van der Waals surface area contributed by atoms with Crippen LogP contribution < -0.4 is 5.32 Å². The van der Waals surface area contributed by atoms with E-state index in [0.717, 1.165) is 19.1 Å². The molecule has 21 heavy (non-hydrogen) atoms. The van der Waals surface area contributed by atoms with Gasteiger partial charge in [0.1, 0.15) is 5.82 Å². The molecule has 0 heterocycles. The summed E-state index contributed by atoms with van der Waals surface area (Å²) in [5.74, 6) is -0.501. The van der Waals surface area contributed by atoms with Crippen molar-refractivity contribution in [1.29, 1.82) is 0 Å². The van der Waals surface area contributed by atoms with E-state index < -0.39 is 10.0 Å². The van der Waals surface area contributed by atoms with E-state index in [-0.39, 0.29) is 37.3 Å². The molecule has 2 rings (SSSR count). The molecule has 0 radical (unpaired) electrons. The normalized spacial score (nSPS) is 15.2. The van der Waals surface area contributed by atoms with Crippen molar-refractivity contribution in [2.75, 3.05) is 12.8 Å². The van der Waals surface area contributed by atoms with Gasteiger partial charge in [-0.05, 0) is 30.5 Å². The van der Waals surface area contributed by atoms with Gasteiger partial charge < -0.3 is 5.32 Å². The number of carbonyl (C=O) groups is 1. The molecule has 7 heteroatoms. The first kappa shape index (κ1) is 15.9. The monoisotopic (exact) mass is 314 g/mol. The highest BCUT2D eigenvalue weighted by atomic mass is 32.2. The second-order valence-electron chi connectivity index (χ2n) is 5.31. The molecule has 0 atom stereocenters. The molecule has 0 aromatic heterocycles. The van der Waals surface area contributed by atoms with Crippen molar-refractivity contribution in [2.24, 2.45) is 0 Å². The molecule has 1 amide bonds. The van der Waals surface area contributed by atoms with Crippen LogP contribution in [0.15, 0.2) is 24.3 Å². The molecule has 1 N–H and O–H groups in total. The molecular formula is C14H19FN2O3S. The highest BCUT2D eigenvalue weighted by molar-refractivity contribution is 7.88. The molecule has 116 valence electrons. The predicted octanol–water partition coefficient (Wildman–Crippen LogP) is 1.26. The molecule has 1 aromatic rings. The van der Waals surface area contributed by atoms with Gasteiger partial charge in [-0.2, -0.15) is 4.31 Å². The lowest BCUT2D eigenvalue weighted by Gasteiger charge is -2.19. The Morgan fingerprint density at radius 2 is 1.95 bits per heavy atom. The molecule has 5 nitrogen and oxygen atoms in total. The number of hydrogen-bond acceptors (Lipinski definition) is 3. The van der Waals surface area contributed by atoms with E-state index in [1.54, 1.807) is 0 Å². The second-order valence-corrected chi connectivity index (χ2v) is 7.30. The van der Waals surface area contributed by atoms with Crippen LogP contribution in [0.1, 0.15) is 24.8 Å². The van der Waals surface area contributed by atoms with Gasteiger partial charge >= 0.3 is 0 Å². The van der Waals surface area contributed by atoms with Gasteiger partial charge in [-0.3, -0.25) is 4.79 Å². The fraction of sp³-hybridized carbons (Fsp3) is 0.500. The van der Waals surface area contributed by atoms with Crippen molar-refractivity contribution in [3.05, 3.63) is 35.6 Å². The number of nitrogens with one attached hydrogen (secondary N) is 1. The Bertz CT molecular complexity index is 597. The van der Waals surface area contributed by atoms with Crippen molar-refractivity contribution < 1.29 is 17.6 Å². The summed E-state index contributed by atoms with van der Waals surface area (Å²) in [5, 5.41) is 2.82. The molecule has 0 aliphatic heterocycles. The van der Waals surface area contributed by atoms with Crippen LogP contribution in [0.4, 0.5) is 4.39 Å². The van der Waals surface area contributed by atoms with E-state index in [0.29, 0.717) is 5.56 Å². The number of benzene rings is 1. The molecular weight excluding hydrogens is 295 g/mol. The van der Waals surface area contributed by atoms with Crippen molar-refractivity contribution in [1.82, 2.24) is 9.62 Å². The van der Waals surface area contributed by atoms with Gasteiger partial charge in [-0.15, -0.1) is 0 Å². The van der Waals surface area contributed by atoms with E-state index in [1.807, 2.05) is 0 Å². The molecule has 1 aliphatic carbocycles. The number of halogens is 1. The molecule has 0 bridgehead atoms. The smallest absolute Gasteiger partial charge is 0.221 e. The van der Waals surface area contributed by atoms with Gasteiger partial charge in [-0.1, -0.05) is 12.1 Å². The summed E-state index contributed by atoms with van der Waals surface area (Å²) in [7, 11) is -3.42. The zero-order valence-corrected chi connectivity index (χ0v) is 12.7. The maximum absolute atomic E-state index is 12.9. The summed E-state index contributed by atoms with van der Waals surface area (Å²) in [6.07, 6.45) is 3.23. The van der Waals surface area contributed by atoms with Gasteiger partial charge in [0.25, 0.3) is 0 Å². The van der Waals surface area contributed by atoms with Gasteiger partial charge in [0.05, 0.1) is 6.26 Å². The quantitative estimate of drug-likeness (QED) is 0.824. The Morgan fingerprint density at radius 1 is 1.33 bits per heavy atom. The van der Waals surface area contributed by atoms with Crippen LogP contribution >= 0.6 is 0 Å². The van der Waals surface area contributed by atoms with Crippen molar-refractivity contribution in [2.45, 2.75) is 31.8 Å². The van der Waals surface area contributed by atoms with Crippen LogP contribution in [0.25, 0.3) is 0 Å². The number of rotatable bonds is 7. The Kier molecular flexibility index (Phi) is 4.95. The molecule has 0 saturated heterocycles. The Balaban J connectivity index is 1.94. The van der Waals surface area contributed by atoms with Crippen LogP contribution in [-0.4, -0.2) is 37.5 Å². The van der Waals surface area contributed by atoms with E-state index in [4.69, 9.17) is 0 Å². The lowest BCUT2D eigenvalue weighted by Crippen LogP contribution is -2.34. The molecule has 1 aliphatic rings. The average Bonchev–Trinajstić information content (AvgIpc) is 3.19.